The van der Waals surface area contributed by atoms with Gasteiger partial charge in [-0.1, -0.05) is 0 Å². The van der Waals surface area contributed by atoms with E-state index in [1.54, 1.807) is 0 Å². The number of carbonyl (C=O) groups excluding carboxylic acids is 2. The van der Waals surface area contributed by atoms with Crippen LogP contribution in [0.25, 0.3) is 0 Å². The molecule has 0 atom stereocenters. The molecule has 7 heteroatoms. The molecule has 1 amide bonds. The standard InChI is InChI=1S/C15H16FN3O3/c16-10-3-4-11(12(18)7-10)14(21)22-8-13(20)19-15(9-17)5-1-2-6-15/h3-4,7H,1-2,5-6,8,18H2,(H,19,20). The monoisotopic (exact) mass is 305 g/mol. The van der Waals surface area contributed by atoms with E-state index in [-0.39, 0.29) is 11.3 Å². The molecule has 1 aromatic rings. The van der Waals surface area contributed by atoms with E-state index >= 15 is 0 Å². The van der Waals surface area contributed by atoms with E-state index < -0.39 is 29.8 Å². The van der Waals surface area contributed by atoms with Gasteiger partial charge in [0.05, 0.1) is 11.6 Å². The number of ether oxygens (including phenoxy) is 1. The first-order valence-corrected chi connectivity index (χ1v) is 6.90. The smallest absolute Gasteiger partial charge is 0.340 e. The maximum atomic E-state index is 12.9. The normalized spacial score (nSPS) is 15.8. The zero-order valence-electron chi connectivity index (χ0n) is 11.9. The van der Waals surface area contributed by atoms with Crippen molar-refractivity contribution >= 4 is 17.6 Å². The lowest BCUT2D eigenvalue weighted by atomic mass is 10.00. The number of carbonyl (C=O) groups is 2. The van der Waals surface area contributed by atoms with Crippen LogP contribution in [-0.4, -0.2) is 24.0 Å². The van der Waals surface area contributed by atoms with Crippen LogP contribution in [0.4, 0.5) is 10.1 Å². The zero-order chi connectivity index (χ0) is 16.2. The van der Waals surface area contributed by atoms with Crippen LogP contribution in [0.1, 0.15) is 36.0 Å². The van der Waals surface area contributed by atoms with Gasteiger partial charge in [-0.05, 0) is 43.9 Å². The average molecular weight is 305 g/mol. The Morgan fingerprint density at radius 3 is 2.68 bits per heavy atom. The van der Waals surface area contributed by atoms with Gasteiger partial charge in [0.1, 0.15) is 11.4 Å². The minimum absolute atomic E-state index is 0.00920. The molecule has 1 fully saturated rings. The van der Waals surface area contributed by atoms with Crippen LogP contribution >= 0.6 is 0 Å². The van der Waals surface area contributed by atoms with Gasteiger partial charge >= 0.3 is 5.97 Å². The van der Waals surface area contributed by atoms with Gasteiger partial charge in [-0.15, -0.1) is 0 Å². The van der Waals surface area contributed by atoms with Crippen molar-refractivity contribution in [1.29, 1.82) is 5.26 Å². The number of nitriles is 1. The zero-order valence-corrected chi connectivity index (χ0v) is 11.9. The average Bonchev–Trinajstić information content (AvgIpc) is 2.94. The number of amides is 1. The van der Waals surface area contributed by atoms with Gasteiger partial charge < -0.3 is 15.8 Å². The van der Waals surface area contributed by atoms with Crippen LogP contribution in [0.3, 0.4) is 0 Å². The molecule has 6 nitrogen and oxygen atoms in total. The number of rotatable bonds is 4. The molecule has 22 heavy (non-hydrogen) atoms. The summed E-state index contributed by atoms with van der Waals surface area (Å²) in [5, 5.41) is 11.8. The highest BCUT2D eigenvalue weighted by molar-refractivity contribution is 5.96. The molecule has 0 unspecified atom stereocenters. The van der Waals surface area contributed by atoms with Crippen LogP contribution in [0.15, 0.2) is 18.2 Å². The number of hydrogen-bond donors (Lipinski definition) is 2. The van der Waals surface area contributed by atoms with Gasteiger partial charge in [-0.3, -0.25) is 4.79 Å². The van der Waals surface area contributed by atoms with Crippen molar-refractivity contribution in [3.63, 3.8) is 0 Å². The molecule has 2 rings (SSSR count). The molecule has 1 aliphatic carbocycles. The van der Waals surface area contributed by atoms with Crippen LogP contribution in [0.5, 0.6) is 0 Å². The summed E-state index contributed by atoms with van der Waals surface area (Å²) in [5.74, 6) is -1.92. The van der Waals surface area contributed by atoms with Gasteiger partial charge in [-0.2, -0.15) is 5.26 Å². The Morgan fingerprint density at radius 2 is 2.09 bits per heavy atom. The van der Waals surface area contributed by atoms with Gasteiger partial charge in [0, 0.05) is 5.69 Å². The van der Waals surface area contributed by atoms with Crippen molar-refractivity contribution in [2.45, 2.75) is 31.2 Å². The van der Waals surface area contributed by atoms with E-state index in [4.69, 9.17) is 15.7 Å². The first-order chi connectivity index (χ1) is 10.5. The quantitative estimate of drug-likeness (QED) is 0.648. The van der Waals surface area contributed by atoms with Crippen molar-refractivity contribution in [3.8, 4) is 6.07 Å². The number of anilines is 1. The minimum Gasteiger partial charge on any atom is -0.452 e. The van der Waals surface area contributed by atoms with Gasteiger partial charge in [0.15, 0.2) is 6.61 Å². The molecule has 1 aromatic carbocycles. The van der Waals surface area contributed by atoms with E-state index in [2.05, 4.69) is 11.4 Å². The molecule has 0 aliphatic heterocycles. The van der Waals surface area contributed by atoms with Crippen LogP contribution in [0.2, 0.25) is 0 Å². The fourth-order valence-corrected chi connectivity index (χ4v) is 2.47. The van der Waals surface area contributed by atoms with Crippen molar-refractivity contribution < 1.29 is 18.7 Å². The second kappa shape index (κ2) is 6.43. The first kappa shape index (κ1) is 15.8. The maximum Gasteiger partial charge on any atom is 0.340 e. The number of nitrogens with two attached hydrogens (primary N) is 1. The Kier molecular flexibility index (Phi) is 4.61. The van der Waals surface area contributed by atoms with E-state index in [1.807, 2.05) is 0 Å². The van der Waals surface area contributed by atoms with Gasteiger partial charge in [-0.25, -0.2) is 9.18 Å². The van der Waals surface area contributed by atoms with E-state index in [1.165, 1.54) is 6.07 Å². The van der Waals surface area contributed by atoms with Crippen molar-refractivity contribution in [1.82, 2.24) is 5.32 Å². The molecule has 3 N–H and O–H groups in total. The SMILES string of the molecule is N#CC1(NC(=O)COC(=O)c2ccc(F)cc2N)CCCC1. The first-order valence-electron chi connectivity index (χ1n) is 6.90. The largest absolute Gasteiger partial charge is 0.452 e. The van der Waals surface area contributed by atoms with Crippen LogP contribution in [0, 0.1) is 17.1 Å². The number of nitrogens with one attached hydrogen (secondary N) is 1. The Labute approximate surface area is 127 Å². The van der Waals surface area contributed by atoms with Crippen molar-refractivity contribution in [2.24, 2.45) is 0 Å². The molecular weight excluding hydrogens is 289 g/mol. The summed E-state index contributed by atoms with van der Waals surface area (Å²) in [6.07, 6.45) is 2.93. The fourth-order valence-electron chi connectivity index (χ4n) is 2.47. The Balaban J connectivity index is 1.91. The molecule has 0 saturated heterocycles. The summed E-state index contributed by atoms with van der Waals surface area (Å²) < 4.78 is 17.8. The number of nitrogens with zero attached hydrogens (tertiary/aromatic N) is 1. The van der Waals surface area contributed by atoms with E-state index in [0.29, 0.717) is 12.8 Å². The summed E-state index contributed by atoms with van der Waals surface area (Å²) in [6, 6.07) is 5.38. The van der Waals surface area contributed by atoms with Gasteiger partial charge in [0.25, 0.3) is 5.91 Å². The fraction of sp³-hybridized carbons (Fsp3) is 0.400. The second-order valence-electron chi connectivity index (χ2n) is 5.26. The molecular formula is C15H16FN3O3. The van der Waals surface area contributed by atoms with Crippen LogP contribution in [-0.2, 0) is 9.53 Å². The summed E-state index contributed by atoms with van der Waals surface area (Å²) >= 11 is 0. The predicted octanol–water partition coefficient (Wildman–Crippen LogP) is 1.52. The molecule has 0 aromatic heterocycles. The number of hydrogen-bond acceptors (Lipinski definition) is 5. The number of esters is 1. The number of nitrogen functional groups attached to an aromatic ring is 1. The topological polar surface area (TPSA) is 105 Å². The lowest BCUT2D eigenvalue weighted by Crippen LogP contribution is -2.46. The second-order valence-corrected chi connectivity index (χ2v) is 5.26. The third kappa shape index (κ3) is 3.52. The molecule has 0 spiro atoms. The Hall–Kier alpha value is -2.62. The molecule has 0 bridgehead atoms. The van der Waals surface area contributed by atoms with E-state index in [9.17, 15) is 14.0 Å². The summed E-state index contributed by atoms with van der Waals surface area (Å²) in [7, 11) is 0. The van der Waals surface area contributed by atoms with E-state index in [0.717, 1.165) is 25.0 Å². The lowest BCUT2D eigenvalue weighted by Gasteiger charge is -2.21. The molecule has 0 radical (unpaired) electrons. The highest BCUT2D eigenvalue weighted by atomic mass is 19.1. The Bertz CT molecular complexity index is 633. The predicted molar refractivity (Wildman–Crippen MR) is 76.0 cm³/mol. The summed E-state index contributed by atoms with van der Waals surface area (Å²) in [4.78, 5) is 23.6. The molecule has 116 valence electrons. The highest BCUT2D eigenvalue weighted by Crippen LogP contribution is 2.28. The molecule has 1 saturated carbocycles. The maximum absolute atomic E-state index is 12.9. The lowest BCUT2D eigenvalue weighted by molar-refractivity contribution is -0.125. The summed E-state index contributed by atoms with van der Waals surface area (Å²) in [6.45, 7) is -0.515. The third-order valence-electron chi connectivity index (χ3n) is 3.62. The Morgan fingerprint density at radius 1 is 1.41 bits per heavy atom. The summed E-state index contributed by atoms with van der Waals surface area (Å²) in [5.41, 5.74) is 4.59. The number of benzene rings is 1. The third-order valence-corrected chi connectivity index (χ3v) is 3.62. The van der Waals surface area contributed by atoms with Crippen molar-refractivity contribution in [2.75, 3.05) is 12.3 Å². The van der Waals surface area contributed by atoms with Gasteiger partial charge in [0.2, 0.25) is 0 Å². The molecule has 0 heterocycles. The molecule has 1 aliphatic rings. The minimum atomic E-state index is -0.863. The van der Waals surface area contributed by atoms with Crippen LogP contribution < -0.4 is 11.1 Å². The highest BCUT2D eigenvalue weighted by Gasteiger charge is 2.35. The van der Waals surface area contributed by atoms with Crippen molar-refractivity contribution in [3.05, 3.63) is 29.6 Å². The number of halogens is 1.